The summed E-state index contributed by atoms with van der Waals surface area (Å²) in [5, 5.41) is 0. The largest absolute Gasteiger partial charge is 0.466 e. The molecular formula is C23H26BrNO2. The van der Waals surface area contributed by atoms with Crippen LogP contribution in [-0.4, -0.2) is 31.1 Å². The van der Waals surface area contributed by atoms with Crippen molar-refractivity contribution in [2.24, 2.45) is 5.92 Å². The average molecular weight is 428 g/mol. The number of carbonyl (C=O) groups is 1. The third kappa shape index (κ3) is 5.78. The summed E-state index contributed by atoms with van der Waals surface area (Å²) in [5.41, 5.74) is 2.62. The van der Waals surface area contributed by atoms with E-state index < -0.39 is 0 Å². The van der Waals surface area contributed by atoms with Gasteiger partial charge in [-0.25, -0.2) is 4.79 Å². The number of rotatable bonds is 6. The van der Waals surface area contributed by atoms with E-state index in [1.54, 1.807) is 6.08 Å². The van der Waals surface area contributed by atoms with Crippen molar-refractivity contribution in [1.82, 2.24) is 4.90 Å². The van der Waals surface area contributed by atoms with E-state index in [-0.39, 0.29) is 11.9 Å². The van der Waals surface area contributed by atoms with Crippen molar-refractivity contribution < 1.29 is 9.53 Å². The van der Waals surface area contributed by atoms with E-state index in [1.165, 1.54) is 18.2 Å². The summed E-state index contributed by atoms with van der Waals surface area (Å²) in [7, 11) is 1.42. The lowest BCUT2D eigenvalue weighted by molar-refractivity contribution is -0.134. The highest BCUT2D eigenvalue weighted by atomic mass is 79.9. The summed E-state index contributed by atoms with van der Waals surface area (Å²) in [6, 6.07) is 19.1. The number of likely N-dealkylation sites (tertiary alicyclic amines) is 1. The number of hydrogen-bond acceptors (Lipinski definition) is 3. The van der Waals surface area contributed by atoms with Crippen molar-refractivity contribution in [3.05, 3.63) is 82.3 Å². The maximum Gasteiger partial charge on any atom is 0.330 e. The second-order valence-corrected chi connectivity index (χ2v) is 7.97. The predicted molar refractivity (Wildman–Crippen MR) is 112 cm³/mol. The molecule has 2 aromatic rings. The minimum Gasteiger partial charge on any atom is -0.466 e. The number of esters is 1. The van der Waals surface area contributed by atoms with Gasteiger partial charge < -0.3 is 4.74 Å². The van der Waals surface area contributed by atoms with Gasteiger partial charge >= 0.3 is 5.97 Å². The van der Waals surface area contributed by atoms with Crippen LogP contribution in [0.2, 0.25) is 0 Å². The van der Waals surface area contributed by atoms with Crippen LogP contribution in [0.25, 0.3) is 0 Å². The van der Waals surface area contributed by atoms with Crippen LogP contribution in [0.15, 0.2) is 71.2 Å². The molecule has 3 rings (SSSR count). The fraction of sp³-hybridized carbons (Fsp3) is 0.348. The normalized spacial score (nSPS) is 17.1. The van der Waals surface area contributed by atoms with Crippen molar-refractivity contribution in [3.8, 4) is 0 Å². The summed E-state index contributed by atoms with van der Waals surface area (Å²) in [5.74, 6) is 0.466. The number of halogens is 1. The highest BCUT2D eigenvalue weighted by Gasteiger charge is 2.26. The van der Waals surface area contributed by atoms with E-state index in [0.29, 0.717) is 5.92 Å². The highest BCUT2D eigenvalue weighted by molar-refractivity contribution is 9.10. The zero-order chi connectivity index (χ0) is 19.1. The first-order valence-corrected chi connectivity index (χ1v) is 10.2. The van der Waals surface area contributed by atoms with Crippen molar-refractivity contribution in [1.29, 1.82) is 0 Å². The lowest BCUT2D eigenvalue weighted by Crippen LogP contribution is -2.35. The molecule has 0 radical (unpaired) electrons. The topological polar surface area (TPSA) is 29.5 Å². The number of benzene rings is 2. The molecule has 1 heterocycles. The van der Waals surface area contributed by atoms with Gasteiger partial charge in [-0.15, -0.1) is 0 Å². The molecular weight excluding hydrogens is 402 g/mol. The summed E-state index contributed by atoms with van der Waals surface area (Å²) < 4.78 is 5.85. The third-order valence-corrected chi connectivity index (χ3v) is 5.81. The van der Waals surface area contributed by atoms with Gasteiger partial charge in [0.2, 0.25) is 0 Å². The molecule has 4 heteroatoms. The zero-order valence-electron chi connectivity index (χ0n) is 15.7. The summed E-state index contributed by atoms with van der Waals surface area (Å²) in [6.07, 6.45) is 5.84. The molecule has 0 saturated carbocycles. The number of allylic oxidation sites excluding steroid dienone is 1. The van der Waals surface area contributed by atoms with Crippen LogP contribution in [0.4, 0.5) is 0 Å². The van der Waals surface area contributed by atoms with Crippen molar-refractivity contribution in [3.63, 3.8) is 0 Å². The first kappa shape index (κ1) is 19.8. The maximum absolute atomic E-state index is 11.6. The van der Waals surface area contributed by atoms with Gasteiger partial charge in [0.1, 0.15) is 0 Å². The van der Waals surface area contributed by atoms with Crippen LogP contribution in [0.5, 0.6) is 0 Å². The fourth-order valence-corrected chi connectivity index (χ4v) is 4.05. The Hall–Kier alpha value is -1.91. The smallest absolute Gasteiger partial charge is 0.330 e. The number of piperidine rings is 1. The van der Waals surface area contributed by atoms with Gasteiger partial charge in [-0.3, -0.25) is 4.90 Å². The van der Waals surface area contributed by atoms with Gasteiger partial charge in [-0.2, -0.15) is 0 Å². The highest BCUT2D eigenvalue weighted by Crippen LogP contribution is 2.35. The SMILES string of the molecule is COC(=O)C=CC(c1ccc(Br)cc1)C1CCN(Cc2ccccc2)CC1. The van der Waals surface area contributed by atoms with E-state index >= 15 is 0 Å². The molecule has 0 bridgehead atoms. The van der Waals surface area contributed by atoms with Gasteiger partial charge in [0.05, 0.1) is 7.11 Å². The number of ether oxygens (including phenoxy) is 1. The molecule has 1 aliphatic heterocycles. The van der Waals surface area contributed by atoms with E-state index in [4.69, 9.17) is 4.74 Å². The van der Waals surface area contributed by atoms with Gasteiger partial charge in [0.25, 0.3) is 0 Å². The molecule has 0 amide bonds. The van der Waals surface area contributed by atoms with Crippen LogP contribution < -0.4 is 0 Å². The van der Waals surface area contributed by atoms with Crippen LogP contribution in [0.1, 0.15) is 29.9 Å². The molecule has 2 aromatic carbocycles. The molecule has 1 atom stereocenters. The Morgan fingerprint density at radius 3 is 2.44 bits per heavy atom. The molecule has 27 heavy (non-hydrogen) atoms. The minimum atomic E-state index is -0.293. The Kier molecular flexibility index (Phi) is 7.25. The molecule has 1 unspecified atom stereocenters. The molecule has 0 aliphatic carbocycles. The van der Waals surface area contributed by atoms with Gasteiger partial charge in [0.15, 0.2) is 0 Å². The van der Waals surface area contributed by atoms with Gasteiger partial charge in [0, 0.05) is 23.0 Å². The summed E-state index contributed by atoms with van der Waals surface area (Å²) in [4.78, 5) is 14.1. The number of carbonyl (C=O) groups excluding carboxylic acids is 1. The Labute approximate surface area is 170 Å². The minimum absolute atomic E-state index is 0.232. The molecule has 3 nitrogen and oxygen atoms in total. The Balaban J connectivity index is 1.67. The lowest BCUT2D eigenvalue weighted by Gasteiger charge is -2.35. The van der Waals surface area contributed by atoms with E-state index in [9.17, 15) is 4.79 Å². The quantitative estimate of drug-likeness (QED) is 0.470. The fourth-order valence-electron chi connectivity index (χ4n) is 3.79. The van der Waals surface area contributed by atoms with E-state index in [2.05, 4.69) is 75.4 Å². The number of nitrogens with zero attached hydrogens (tertiary/aromatic N) is 1. The van der Waals surface area contributed by atoms with Crippen molar-refractivity contribution in [2.45, 2.75) is 25.3 Å². The average Bonchev–Trinajstić information content (AvgIpc) is 2.71. The number of hydrogen-bond donors (Lipinski definition) is 0. The third-order valence-electron chi connectivity index (χ3n) is 5.28. The first-order valence-electron chi connectivity index (χ1n) is 9.43. The molecule has 1 aliphatic rings. The van der Waals surface area contributed by atoms with Gasteiger partial charge in [-0.05, 0) is 55.1 Å². The monoisotopic (exact) mass is 427 g/mol. The second kappa shape index (κ2) is 9.86. The van der Waals surface area contributed by atoms with E-state index in [0.717, 1.165) is 36.9 Å². The molecule has 142 valence electrons. The lowest BCUT2D eigenvalue weighted by atomic mass is 9.79. The molecule has 1 saturated heterocycles. The van der Waals surface area contributed by atoms with Gasteiger partial charge in [-0.1, -0.05) is 64.5 Å². The predicted octanol–water partition coefficient (Wildman–Crippen LogP) is 5.17. The first-order chi connectivity index (χ1) is 13.2. The van der Waals surface area contributed by atoms with Crippen molar-refractivity contribution in [2.75, 3.05) is 20.2 Å². The molecule has 0 N–H and O–H groups in total. The van der Waals surface area contributed by atoms with Crippen molar-refractivity contribution >= 4 is 21.9 Å². The van der Waals surface area contributed by atoms with Crippen LogP contribution in [0, 0.1) is 5.92 Å². The Morgan fingerprint density at radius 1 is 1.15 bits per heavy atom. The summed E-state index contributed by atoms with van der Waals surface area (Å²) >= 11 is 3.50. The second-order valence-electron chi connectivity index (χ2n) is 7.06. The molecule has 0 aromatic heterocycles. The maximum atomic E-state index is 11.6. The summed E-state index contributed by atoms with van der Waals surface area (Å²) in [6.45, 7) is 3.17. The van der Waals surface area contributed by atoms with Crippen LogP contribution in [0.3, 0.4) is 0 Å². The molecule has 0 spiro atoms. The van der Waals surface area contributed by atoms with Crippen LogP contribution >= 0.6 is 15.9 Å². The Morgan fingerprint density at radius 2 is 1.81 bits per heavy atom. The standard InChI is InChI=1S/C23H26BrNO2/c1-27-23(26)12-11-22(19-7-9-21(24)10-8-19)20-13-15-25(16-14-20)17-18-5-3-2-4-6-18/h2-12,20,22H,13-17H2,1H3. The zero-order valence-corrected chi connectivity index (χ0v) is 17.3. The van der Waals surface area contributed by atoms with Crippen LogP contribution in [-0.2, 0) is 16.1 Å². The number of methoxy groups -OCH3 is 1. The Bertz CT molecular complexity index is 750. The molecule has 1 fully saturated rings. The van der Waals surface area contributed by atoms with E-state index in [1.807, 2.05) is 6.08 Å².